The van der Waals surface area contributed by atoms with E-state index < -0.39 is 11.6 Å². The average Bonchev–Trinajstić information content (AvgIpc) is 2.37. The third kappa shape index (κ3) is 3.26. The minimum Gasteiger partial charge on any atom is -0.481 e. The van der Waals surface area contributed by atoms with Crippen LogP contribution in [-0.2, 0) is 4.79 Å². The molecule has 1 aromatic carbocycles. The molecule has 5 heteroatoms. The van der Waals surface area contributed by atoms with Crippen LogP contribution < -0.4 is 4.74 Å². The largest absolute Gasteiger partial charge is 0.481 e. The summed E-state index contributed by atoms with van der Waals surface area (Å²) < 4.78 is 31.3. The van der Waals surface area contributed by atoms with Crippen LogP contribution in [0.4, 0.5) is 8.78 Å². The Bertz CT molecular complexity index is 483. The van der Waals surface area contributed by atoms with Crippen molar-refractivity contribution in [3.05, 3.63) is 29.8 Å². The van der Waals surface area contributed by atoms with Crippen molar-refractivity contribution in [3.8, 4) is 5.75 Å². The molecule has 1 fully saturated rings. The number of piperidine rings is 1. The monoisotopic (exact) mass is 283 g/mol. The summed E-state index contributed by atoms with van der Waals surface area (Å²) in [5.41, 5.74) is 0. The maximum absolute atomic E-state index is 13.4. The van der Waals surface area contributed by atoms with Crippen LogP contribution in [0.15, 0.2) is 18.2 Å². The van der Waals surface area contributed by atoms with Crippen molar-refractivity contribution in [2.24, 2.45) is 0 Å². The van der Waals surface area contributed by atoms with Gasteiger partial charge in [0.05, 0.1) is 0 Å². The van der Waals surface area contributed by atoms with Crippen molar-refractivity contribution >= 4 is 5.91 Å². The fraction of sp³-hybridized carbons (Fsp3) is 0.533. The Balaban J connectivity index is 1.97. The molecular formula is C15H19F2NO2. The number of amides is 1. The van der Waals surface area contributed by atoms with E-state index in [9.17, 15) is 13.6 Å². The zero-order valence-electron chi connectivity index (χ0n) is 11.7. The topological polar surface area (TPSA) is 29.5 Å². The Hall–Kier alpha value is -1.65. The molecule has 110 valence electrons. The minimum absolute atomic E-state index is 0.0999. The summed E-state index contributed by atoms with van der Waals surface area (Å²) in [7, 11) is 0. The number of benzene rings is 1. The first-order valence-corrected chi connectivity index (χ1v) is 6.88. The second-order valence-electron chi connectivity index (χ2n) is 5.29. The number of carbonyl (C=O) groups is 1. The molecule has 0 saturated carbocycles. The first-order chi connectivity index (χ1) is 9.49. The zero-order chi connectivity index (χ0) is 14.7. The molecule has 1 aliphatic rings. The Kier molecular flexibility index (Phi) is 4.57. The lowest BCUT2D eigenvalue weighted by atomic mass is 9.97. The summed E-state index contributed by atoms with van der Waals surface area (Å²) in [5.74, 6) is -1.72. The molecule has 1 heterocycles. The van der Waals surface area contributed by atoms with Crippen LogP contribution in [0, 0.1) is 11.6 Å². The highest BCUT2D eigenvalue weighted by Crippen LogP contribution is 2.23. The van der Waals surface area contributed by atoms with E-state index in [1.165, 1.54) is 6.07 Å². The van der Waals surface area contributed by atoms with Gasteiger partial charge in [0.15, 0.2) is 18.2 Å². The highest BCUT2D eigenvalue weighted by atomic mass is 19.1. The maximum atomic E-state index is 13.4. The van der Waals surface area contributed by atoms with E-state index in [0.717, 1.165) is 31.4 Å². The summed E-state index contributed by atoms with van der Waals surface area (Å²) in [5, 5.41) is 0. The molecule has 1 amide bonds. The van der Waals surface area contributed by atoms with Gasteiger partial charge in [0, 0.05) is 18.2 Å². The fourth-order valence-corrected chi connectivity index (χ4v) is 2.72. The summed E-state index contributed by atoms with van der Waals surface area (Å²) >= 11 is 0. The third-order valence-corrected chi connectivity index (χ3v) is 3.73. The number of hydrogen-bond acceptors (Lipinski definition) is 2. The van der Waals surface area contributed by atoms with E-state index >= 15 is 0 Å². The predicted octanol–water partition coefficient (Wildman–Crippen LogP) is 3.13. The number of likely N-dealkylation sites (tertiary alicyclic amines) is 1. The Morgan fingerprint density at radius 2 is 1.95 bits per heavy atom. The fourth-order valence-electron chi connectivity index (χ4n) is 2.72. The van der Waals surface area contributed by atoms with Crippen LogP contribution in [0.5, 0.6) is 5.75 Å². The molecular weight excluding hydrogens is 264 g/mol. The highest BCUT2D eigenvalue weighted by molar-refractivity contribution is 5.78. The molecule has 1 aliphatic heterocycles. The van der Waals surface area contributed by atoms with E-state index in [2.05, 4.69) is 0 Å². The van der Waals surface area contributed by atoms with Gasteiger partial charge in [0.25, 0.3) is 5.91 Å². The van der Waals surface area contributed by atoms with Crippen LogP contribution in [0.1, 0.15) is 33.1 Å². The van der Waals surface area contributed by atoms with Gasteiger partial charge in [-0.25, -0.2) is 8.78 Å². The molecule has 2 rings (SSSR count). The Morgan fingerprint density at radius 3 is 2.55 bits per heavy atom. The Morgan fingerprint density at radius 1 is 1.30 bits per heavy atom. The molecule has 1 saturated heterocycles. The predicted molar refractivity (Wildman–Crippen MR) is 71.5 cm³/mol. The quantitative estimate of drug-likeness (QED) is 0.853. The molecule has 1 aromatic rings. The summed E-state index contributed by atoms with van der Waals surface area (Å²) in [6.07, 6.45) is 3.06. The molecule has 0 aliphatic carbocycles. The van der Waals surface area contributed by atoms with Crippen molar-refractivity contribution in [2.75, 3.05) is 6.61 Å². The molecule has 0 aromatic heterocycles. The van der Waals surface area contributed by atoms with Gasteiger partial charge in [0.1, 0.15) is 5.82 Å². The molecule has 0 bridgehead atoms. The molecule has 2 atom stereocenters. The number of hydrogen-bond donors (Lipinski definition) is 0. The van der Waals surface area contributed by atoms with Gasteiger partial charge in [0.2, 0.25) is 0 Å². The zero-order valence-corrected chi connectivity index (χ0v) is 11.7. The maximum Gasteiger partial charge on any atom is 0.260 e. The third-order valence-electron chi connectivity index (χ3n) is 3.73. The lowest BCUT2D eigenvalue weighted by Crippen LogP contribution is -2.49. The smallest absolute Gasteiger partial charge is 0.260 e. The van der Waals surface area contributed by atoms with Crippen molar-refractivity contribution in [1.29, 1.82) is 0 Å². The van der Waals surface area contributed by atoms with Crippen LogP contribution in [-0.4, -0.2) is 29.5 Å². The van der Waals surface area contributed by atoms with Gasteiger partial charge in [-0.15, -0.1) is 0 Å². The van der Waals surface area contributed by atoms with E-state index in [-0.39, 0.29) is 30.3 Å². The molecule has 0 spiro atoms. The Labute approximate surface area is 117 Å². The molecule has 20 heavy (non-hydrogen) atoms. The number of nitrogens with zero attached hydrogens (tertiary/aromatic N) is 1. The van der Waals surface area contributed by atoms with Gasteiger partial charge in [-0.1, -0.05) is 0 Å². The van der Waals surface area contributed by atoms with E-state index in [0.29, 0.717) is 0 Å². The number of ether oxygens (including phenoxy) is 1. The minimum atomic E-state index is -0.794. The average molecular weight is 283 g/mol. The van der Waals surface area contributed by atoms with Crippen LogP contribution in [0.3, 0.4) is 0 Å². The number of rotatable bonds is 3. The van der Waals surface area contributed by atoms with Gasteiger partial charge >= 0.3 is 0 Å². The second-order valence-corrected chi connectivity index (χ2v) is 5.29. The number of halogens is 2. The lowest BCUT2D eigenvalue weighted by Gasteiger charge is -2.38. The molecule has 2 unspecified atom stereocenters. The van der Waals surface area contributed by atoms with Crippen molar-refractivity contribution in [1.82, 2.24) is 4.90 Å². The summed E-state index contributed by atoms with van der Waals surface area (Å²) in [6, 6.07) is 3.39. The first-order valence-electron chi connectivity index (χ1n) is 6.88. The highest BCUT2D eigenvalue weighted by Gasteiger charge is 2.29. The van der Waals surface area contributed by atoms with Gasteiger partial charge in [-0.2, -0.15) is 0 Å². The van der Waals surface area contributed by atoms with Crippen LogP contribution >= 0.6 is 0 Å². The van der Waals surface area contributed by atoms with E-state index in [1.807, 2.05) is 13.8 Å². The van der Waals surface area contributed by atoms with Crippen molar-refractivity contribution in [3.63, 3.8) is 0 Å². The van der Waals surface area contributed by atoms with Crippen molar-refractivity contribution < 1.29 is 18.3 Å². The molecule has 3 nitrogen and oxygen atoms in total. The summed E-state index contributed by atoms with van der Waals surface area (Å²) in [6.45, 7) is 3.79. The molecule has 0 N–H and O–H groups in total. The van der Waals surface area contributed by atoms with Crippen LogP contribution in [0.25, 0.3) is 0 Å². The van der Waals surface area contributed by atoms with E-state index in [4.69, 9.17) is 4.74 Å². The molecule has 0 radical (unpaired) electrons. The van der Waals surface area contributed by atoms with Gasteiger partial charge in [-0.3, -0.25) is 4.79 Å². The number of carbonyl (C=O) groups excluding carboxylic acids is 1. The van der Waals surface area contributed by atoms with Crippen molar-refractivity contribution in [2.45, 2.75) is 45.2 Å². The van der Waals surface area contributed by atoms with E-state index in [1.54, 1.807) is 4.90 Å². The van der Waals surface area contributed by atoms with Gasteiger partial charge < -0.3 is 9.64 Å². The first kappa shape index (κ1) is 14.8. The van der Waals surface area contributed by atoms with Crippen LogP contribution in [0.2, 0.25) is 0 Å². The van der Waals surface area contributed by atoms with Gasteiger partial charge in [-0.05, 0) is 45.2 Å². The summed E-state index contributed by atoms with van der Waals surface area (Å²) in [4.78, 5) is 14.0. The second kappa shape index (κ2) is 6.20. The normalized spacial score (nSPS) is 22.7. The standard InChI is InChI=1S/C15H19F2NO2/c1-10-4-3-5-11(2)18(10)15(19)9-20-14-7-6-12(16)8-13(14)17/h6-8,10-11H,3-5,9H2,1-2H3. The lowest BCUT2D eigenvalue weighted by molar-refractivity contribution is -0.139. The SMILES string of the molecule is CC1CCCC(C)N1C(=O)COc1ccc(F)cc1F.